The van der Waals surface area contributed by atoms with E-state index < -0.39 is 6.10 Å². The summed E-state index contributed by atoms with van der Waals surface area (Å²) in [5.74, 6) is 0.283. The summed E-state index contributed by atoms with van der Waals surface area (Å²) in [6.07, 6.45) is -0.399. The molecule has 4 nitrogen and oxygen atoms in total. The predicted octanol–water partition coefficient (Wildman–Crippen LogP) is 3.48. The Bertz CT molecular complexity index is 493. The molecule has 136 valence electrons. The van der Waals surface area contributed by atoms with Crippen molar-refractivity contribution in [2.24, 2.45) is 23.5 Å². The summed E-state index contributed by atoms with van der Waals surface area (Å²) in [4.78, 5) is 14.2. The van der Waals surface area contributed by atoms with Crippen LogP contribution < -0.4 is 5.73 Å². The Balaban J connectivity index is 2.76. The Morgan fingerprint density at radius 3 is 2.00 bits per heavy atom. The van der Waals surface area contributed by atoms with Crippen molar-refractivity contribution < 1.29 is 9.90 Å². The molecule has 0 fully saturated rings. The van der Waals surface area contributed by atoms with E-state index in [1.807, 2.05) is 0 Å². The minimum atomic E-state index is -0.722. The lowest BCUT2D eigenvalue weighted by molar-refractivity contribution is -0.123. The minimum Gasteiger partial charge on any atom is -0.388 e. The van der Waals surface area contributed by atoms with Gasteiger partial charge in [0.05, 0.1) is 12.0 Å². The lowest BCUT2D eigenvalue weighted by atomic mass is 9.95. The molecular formula is C19H31ClN2O2. The van der Waals surface area contributed by atoms with E-state index in [0.29, 0.717) is 29.8 Å². The van der Waals surface area contributed by atoms with Gasteiger partial charge in [-0.05, 0) is 36.0 Å². The first-order valence-corrected chi connectivity index (χ1v) is 9.02. The van der Waals surface area contributed by atoms with Gasteiger partial charge in [-0.1, -0.05) is 51.4 Å². The zero-order valence-electron chi connectivity index (χ0n) is 15.2. The quantitative estimate of drug-likeness (QED) is 0.676. The molecule has 24 heavy (non-hydrogen) atoms. The largest absolute Gasteiger partial charge is 0.388 e. The Hall–Kier alpha value is -1.10. The maximum atomic E-state index is 11.9. The van der Waals surface area contributed by atoms with E-state index in [4.69, 9.17) is 17.3 Å². The Kier molecular flexibility index (Phi) is 8.74. The van der Waals surface area contributed by atoms with Crippen molar-refractivity contribution in [3.05, 3.63) is 34.9 Å². The molecule has 3 N–H and O–H groups in total. The van der Waals surface area contributed by atoms with Crippen molar-refractivity contribution in [1.29, 1.82) is 0 Å². The number of amides is 1. The maximum Gasteiger partial charge on any atom is 0.221 e. The van der Waals surface area contributed by atoms with Crippen LogP contribution in [0.25, 0.3) is 0 Å². The van der Waals surface area contributed by atoms with Crippen molar-refractivity contribution >= 4 is 17.5 Å². The number of carbonyl (C=O) groups is 1. The van der Waals surface area contributed by atoms with Gasteiger partial charge in [-0.15, -0.1) is 0 Å². The summed E-state index contributed by atoms with van der Waals surface area (Å²) in [5.41, 5.74) is 6.35. The molecule has 1 rings (SSSR count). The van der Waals surface area contributed by atoms with E-state index in [1.165, 1.54) is 0 Å². The second-order valence-electron chi connectivity index (χ2n) is 7.41. The number of hydrogen-bond donors (Lipinski definition) is 2. The van der Waals surface area contributed by atoms with E-state index in [1.54, 1.807) is 24.3 Å². The number of hydrogen-bond acceptors (Lipinski definition) is 3. The summed E-state index contributed by atoms with van der Waals surface area (Å²) >= 11 is 5.88. The number of aliphatic hydroxyl groups excluding tert-OH is 1. The molecule has 0 aromatic heterocycles. The van der Waals surface area contributed by atoms with Crippen LogP contribution in [0, 0.1) is 17.8 Å². The number of nitrogens with zero attached hydrogens (tertiary/aromatic N) is 1. The number of rotatable bonds is 10. The molecule has 0 aliphatic heterocycles. The number of primary amides is 1. The smallest absolute Gasteiger partial charge is 0.221 e. The molecule has 0 bridgehead atoms. The van der Waals surface area contributed by atoms with Gasteiger partial charge in [-0.25, -0.2) is 0 Å². The molecule has 0 saturated carbocycles. The highest BCUT2D eigenvalue weighted by molar-refractivity contribution is 6.30. The Labute approximate surface area is 151 Å². The standard InChI is InChI=1S/C19H31ClN2O2/c1-13(2)10-22(11-14(3)4)12-16(19(21)24)9-18(23)15-5-7-17(20)8-6-15/h5-8,13-14,16,18,23H,9-12H2,1-4H3,(H2,21,24). The Morgan fingerprint density at radius 1 is 1.08 bits per heavy atom. The zero-order chi connectivity index (χ0) is 18.3. The van der Waals surface area contributed by atoms with Gasteiger partial charge in [0.15, 0.2) is 0 Å². The first-order chi connectivity index (χ1) is 11.2. The van der Waals surface area contributed by atoms with Crippen molar-refractivity contribution in [1.82, 2.24) is 4.90 Å². The maximum absolute atomic E-state index is 11.9. The predicted molar refractivity (Wildman–Crippen MR) is 99.8 cm³/mol. The van der Waals surface area contributed by atoms with Gasteiger partial charge in [-0.3, -0.25) is 4.79 Å². The van der Waals surface area contributed by atoms with Crippen LogP contribution in [0.15, 0.2) is 24.3 Å². The summed E-state index contributed by atoms with van der Waals surface area (Å²) in [7, 11) is 0. The Morgan fingerprint density at radius 2 is 1.58 bits per heavy atom. The number of nitrogens with two attached hydrogens (primary N) is 1. The van der Waals surface area contributed by atoms with Crippen LogP contribution in [0.3, 0.4) is 0 Å². The minimum absolute atomic E-state index is 0.323. The molecule has 0 aliphatic carbocycles. The van der Waals surface area contributed by atoms with Gasteiger partial charge in [0.2, 0.25) is 5.91 Å². The van der Waals surface area contributed by atoms with Gasteiger partial charge in [0.1, 0.15) is 0 Å². The van der Waals surface area contributed by atoms with E-state index >= 15 is 0 Å². The monoisotopic (exact) mass is 354 g/mol. The topological polar surface area (TPSA) is 66.6 Å². The zero-order valence-corrected chi connectivity index (χ0v) is 16.0. The van der Waals surface area contributed by atoms with Crippen LogP contribution in [0.5, 0.6) is 0 Å². The highest BCUT2D eigenvalue weighted by Crippen LogP contribution is 2.24. The first-order valence-electron chi connectivity index (χ1n) is 8.64. The average molecular weight is 355 g/mol. The molecule has 5 heteroatoms. The summed E-state index contributed by atoms with van der Waals surface area (Å²) in [6.45, 7) is 11.1. The van der Waals surface area contributed by atoms with Gasteiger partial charge in [0, 0.05) is 24.7 Å². The molecule has 2 unspecified atom stereocenters. The lowest BCUT2D eigenvalue weighted by Gasteiger charge is -2.30. The van der Waals surface area contributed by atoms with E-state index in [-0.39, 0.29) is 11.8 Å². The molecule has 0 heterocycles. The van der Waals surface area contributed by atoms with E-state index in [2.05, 4.69) is 32.6 Å². The highest BCUT2D eigenvalue weighted by atomic mass is 35.5. The number of halogens is 1. The molecule has 1 aromatic rings. The fourth-order valence-electron chi connectivity index (χ4n) is 2.94. The average Bonchev–Trinajstić information content (AvgIpc) is 2.45. The summed E-state index contributed by atoms with van der Waals surface area (Å²) in [5, 5.41) is 11.1. The normalized spacial score (nSPS) is 14.4. The number of carbonyl (C=O) groups excluding carboxylic acids is 1. The van der Waals surface area contributed by atoms with Crippen molar-refractivity contribution in [2.75, 3.05) is 19.6 Å². The van der Waals surface area contributed by atoms with Crippen LogP contribution in [-0.4, -0.2) is 35.5 Å². The fourth-order valence-corrected chi connectivity index (χ4v) is 3.07. The lowest BCUT2D eigenvalue weighted by Crippen LogP contribution is -2.40. The first kappa shape index (κ1) is 20.9. The van der Waals surface area contributed by atoms with Gasteiger partial charge in [0.25, 0.3) is 0 Å². The summed E-state index contributed by atoms with van der Waals surface area (Å²) < 4.78 is 0. The van der Waals surface area contributed by atoms with Gasteiger partial charge < -0.3 is 15.7 Å². The third kappa shape index (κ3) is 7.65. The molecule has 1 aromatic carbocycles. The summed E-state index contributed by atoms with van der Waals surface area (Å²) in [6, 6.07) is 7.04. The van der Waals surface area contributed by atoms with Crippen molar-refractivity contribution in [3.8, 4) is 0 Å². The fraction of sp³-hybridized carbons (Fsp3) is 0.632. The van der Waals surface area contributed by atoms with Crippen LogP contribution in [0.2, 0.25) is 5.02 Å². The van der Waals surface area contributed by atoms with Gasteiger partial charge in [-0.2, -0.15) is 0 Å². The number of aliphatic hydroxyl groups is 1. The molecule has 1 amide bonds. The highest BCUT2D eigenvalue weighted by Gasteiger charge is 2.24. The van der Waals surface area contributed by atoms with Crippen LogP contribution in [0.4, 0.5) is 0 Å². The SMILES string of the molecule is CC(C)CN(CC(C)C)CC(CC(O)c1ccc(Cl)cc1)C(N)=O. The molecular weight excluding hydrogens is 324 g/mol. The molecule has 0 aliphatic rings. The van der Waals surface area contributed by atoms with E-state index in [9.17, 15) is 9.90 Å². The van der Waals surface area contributed by atoms with Crippen LogP contribution in [0.1, 0.15) is 45.8 Å². The molecule has 0 spiro atoms. The second-order valence-corrected chi connectivity index (χ2v) is 7.85. The van der Waals surface area contributed by atoms with Crippen LogP contribution >= 0.6 is 11.6 Å². The molecule has 0 saturated heterocycles. The molecule has 2 atom stereocenters. The third-order valence-corrected chi connectivity index (χ3v) is 4.14. The van der Waals surface area contributed by atoms with Crippen molar-refractivity contribution in [3.63, 3.8) is 0 Å². The number of benzene rings is 1. The van der Waals surface area contributed by atoms with Crippen LogP contribution in [-0.2, 0) is 4.79 Å². The van der Waals surface area contributed by atoms with E-state index in [0.717, 1.165) is 18.7 Å². The molecule has 0 radical (unpaired) electrons. The van der Waals surface area contributed by atoms with Crippen molar-refractivity contribution in [2.45, 2.75) is 40.2 Å². The third-order valence-electron chi connectivity index (χ3n) is 3.89. The van der Waals surface area contributed by atoms with Gasteiger partial charge >= 0.3 is 0 Å². The second kappa shape index (κ2) is 10.0.